The van der Waals surface area contributed by atoms with Crippen LogP contribution in [0, 0.1) is 0 Å². The molecule has 0 radical (unpaired) electrons. The van der Waals surface area contributed by atoms with Crippen LogP contribution in [0.3, 0.4) is 0 Å². The lowest BCUT2D eigenvalue weighted by atomic mass is 9.91. The van der Waals surface area contributed by atoms with Gasteiger partial charge in [-0.25, -0.2) is 0 Å². The molecule has 0 aliphatic heterocycles. The normalized spacial score (nSPS) is 17.8. The van der Waals surface area contributed by atoms with Gasteiger partial charge in [0.25, 0.3) is 0 Å². The summed E-state index contributed by atoms with van der Waals surface area (Å²) in [5, 5.41) is 19.6. The van der Waals surface area contributed by atoms with Crippen LogP contribution in [-0.2, 0) is 9.53 Å². The fourth-order valence-corrected chi connectivity index (χ4v) is 3.00. The van der Waals surface area contributed by atoms with Crippen LogP contribution in [0.1, 0.15) is 91.9 Å². The second kappa shape index (κ2) is 13.0. The number of hydrogen-bond acceptors (Lipinski definition) is 4. The number of alkyl halides is 1. The highest BCUT2D eigenvalue weighted by Gasteiger charge is 2.45. The highest BCUT2D eigenvalue weighted by Crippen LogP contribution is 2.31. The molecule has 0 saturated heterocycles. The Morgan fingerprint density at radius 2 is 1.33 bits per heavy atom. The maximum Gasteiger partial charge on any atom is 0.306 e. The first-order valence-corrected chi connectivity index (χ1v) is 9.89. The summed E-state index contributed by atoms with van der Waals surface area (Å²) < 4.78 is 5.32. The van der Waals surface area contributed by atoms with Gasteiger partial charge in [0.05, 0.1) is 12.2 Å². The molecule has 3 unspecified atom stereocenters. The van der Waals surface area contributed by atoms with E-state index in [0.29, 0.717) is 6.42 Å². The van der Waals surface area contributed by atoms with Crippen LogP contribution in [0.15, 0.2) is 0 Å². The molecular weight excluding hydrogens is 328 g/mol. The number of carbonyl (C=O) groups is 1. The molecule has 144 valence electrons. The topological polar surface area (TPSA) is 66.8 Å². The molecule has 0 saturated carbocycles. The highest BCUT2D eigenvalue weighted by atomic mass is 35.5. The number of ether oxygens (including phenoxy) is 1. The van der Waals surface area contributed by atoms with Crippen molar-refractivity contribution in [2.75, 3.05) is 0 Å². The summed E-state index contributed by atoms with van der Waals surface area (Å²) in [7, 11) is 0. The van der Waals surface area contributed by atoms with Gasteiger partial charge in [-0.3, -0.25) is 4.79 Å². The number of aliphatic hydroxyl groups is 2. The van der Waals surface area contributed by atoms with Crippen LogP contribution in [-0.4, -0.2) is 39.4 Å². The molecule has 4 nitrogen and oxygen atoms in total. The third-order valence-electron chi connectivity index (χ3n) is 4.70. The van der Waals surface area contributed by atoms with Crippen molar-refractivity contribution in [3.05, 3.63) is 0 Å². The van der Waals surface area contributed by atoms with Gasteiger partial charge in [0.1, 0.15) is 11.0 Å². The zero-order chi connectivity index (χ0) is 18.6. The van der Waals surface area contributed by atoms with Crippen LogP contribution in [0.25, 0.3) is 0 Å². The third kappa shape index (κ3) is 8.68. The van der Waals surface area contributed by atoms with Crippen LogP contribution in [0.5, 0.6) is 0 Å². The van der Waals surface area contributed by atoms with E-state index < -0.39 is 23.2 Å². The Morgan fingerprint density at radius 3 is 1.75 bits per heavy atom. The smallest absolute Gasteiger partial charge is 0.306 e. The van der Waals surface area contributed by atoms with Crippen molar-refractivity contribution in [2.24, 2.45) is 0 Å². The summed E-state index contributed by atoms with van der Waals surface area (Å²) in [4.78, 5) is 10.5. The monoisotopic (exact) mass is 364 g/mol. The number of esters is 1. The molecule has 3 atom stereocenters. The molecule has 0 amide bonds. The lowest BCUT2D eigenvalue weighted by molar-refractivity contribution is -0.154. The fraction of sp³-hybridized carbons (Fsp3) is 0.947. The first kappa shape index (κ1) is 23.7. The number of carbonyl (C=O) groups excluding carboxylic acids is 1. The molecular formula is C19H37ClO4. The molecule has 5 heteroatoms. The minimum absolute atomic E-state index is 0.322. The number of halogens is 1. The van der Waals surface area contributed by atoms with E-state index in [2.05, 4.69) is 6.92 Å². The third-order valence-corrected chi connectivity index (χ3v) is 5.64. The zero-order valence-corrected chi connectivity index (χ0v) is 16.6. The van der Waals surface area contributed by atoms with E-state index in [4.69, 9.17) is 16.3 Å². The Kier molecular flexibility index (Phi) is 12.8. The predicted octanol–water partition coefficient (Wildman–Crippen LogP) is 4.58. The second-order valence-electron chi connectivity index (χ2n) is 6.89. The van der Waals surface area contributed by atoms with Crippen molar-refractivity contribution >= 4 is 17.6 Å². The minimum Gasteiger partial charge on any atom is -0.461 e. The fourth-order valence-electron chi connectivity index (χ4n) is 2.95. The summed E-state index contributed by atoms with van der Waals surface area (Å²) >= 11 is 6.28. The van der Waals surface area contributed by atoms with Gasteiger partial charge in [-0.05, 0) is 27.2 Å². The van der Waals surface area contributed by atoms with Crippen LogP contribution < -0.4 is 0 Å². The van der Waals surface area contributed by atoms with Crippen molar-refractivity contribution in [1.29, 1.82) is 0 Å². The molecule has 0 bridgehead atoms. The van der Waals surface area contributed by atoms with Crippen molar-refractivity contribution in [1.82, 2.24) is 0 Å². The number of hydrogen-bond donors (Lipinski definition) is 2. The Bertz CT molecular complexity index is 323. The standard InChI is InChI=1S/C19H37ClO4/c1-5-6-7-8-9-10-11-12-13-14-18(23)24-17(4)19(20,15(2)21)16(3)22/h15-17,21-22H,5-14H2,1-4H3. The molecule has 0 aromatic heterocycles. The van der Waals surface area contributed by atoms with E-state index in [1.165, 1.54) is 52.4 Å². The quantitative estimate of drug-likeness (QED) is 0.269. The molecule has 0 rings (SSSR count). The zero-order valence-electron chi connectivity index (χ0n) is 15.9. The average molecular weight is 365 g/mol. The predicted molar refractivity (Wildman–Crippen MR) is 99.3 cm³/mol. The van der Waals surface area contributed by atoms with Crippen molar-refractivity contribution in [3.63, 3.8) is 0 Å². The van der Waals surface area contributed by atoms with E-state index >= 15 is 0 Å². The van der Waals surface area contributed by atoms with Gasteiger partial charge >= 0.3 is 5.97 Å². The lowest BCUT2D eigenvalue weighted by Gasteiger charge is -2.37. The van der Waals surface area contributed by atoms with Crippen molar-refractivity contribution in [3.8, 4) is 0 Å². The van der Waals surface area contributed by atoms with Crippen LogP contribution in [0.4, 0.5) is 0 Å². The van der Waals surface area contributed by atoms with Crippen LogP contribution in [0.2, 0.25) is 0 Å². The maximum atomic E-state index is 11.9. The average Bonchev–Trinajstić information content (AvgIpc) is 2.51. The van der Waals surface area contributed by atoms with E-state index in [0.717, 1.165) is 19.3 Å². The molecule has 2 N–H and O–H groups in total. The van der Waals surface area contributed by atoms with Gasteiger partial charge in [0.15, 0.2) is 0 Å². The van der Waals surface area contributed by atoms with Gasteiger partial charge in [-0.15, -0.1) is 11.6 Å². The summed E-state index contributed by atoms with van der Waals surface area (Å²) in [6.45, 7) is 6.81. The molecule has 0 spiro atoms. The molecule has 0 aromatic rings. The van der Waals surface area contributed by atoms with Crippen molar-refractivity contribution in [2.45, 2.75) is 115 Å². The van der Waals surface area contributed by atoms with Crippen molar-refractivity contribution < 1.29 is 19.7 Å². The molecule has 0 aliphatic carbocycles. The van der Waals surface area contributed by atoms with E-state index in [9.17, 15) is 15.0 Å². The Labute approximate surface area is 152 Å². The highest BCUT2D eigenvalue weighted by molar-refractivity contribution is 6.25. The lowest BCUT2D eigenvalue weighted by Crippen LogP contribution is -2.54. The summed E-state index contributed by atoms with van der Waals surface area (Å²) in [6.07, 6.45) is 8.33. The minimum atomic E-state index is -1.38. The number of rotatable bonds is 14. The summed E-state index contributed by atoms with van der Waals surface area (Å²) in [5.74, 6) is -0.322. The first-order valence-electron chi connectivity index (χ1n) is 9.51. The second-order valence-corrected chi connectivity index (χ2v) is 7.54. The van der Waals surface area contributed by atoms with Gasteiger partial charge in [0, 0.05) is 6.42 Å². The Hall–Kier alpha value is -0.320. The van der Waals surface area contributed by atoms with Gasteiger partial charge in [0.2, 0.25) is 0 Å². The molecule has 0 aromatic carbocycles. The van der Waals surface area contributed by atoms with Crippen LogP contribution >= 0.6 is 11.6 Å². The maximum absolute atomic E-state index is 11.9. The van der Waals surface area contributed by atoms with Gasteiger partial charge in [-0.2, -0.15) is 0 Å². The first-order chi connectivity index (χ1) is 11.3. The molecule has 0 aliphatic rings. The molecule has 0 heterocycles. The largest absolute Gasteiger partial charge is 0.461 e. The summed E-state index contributed by atoms with van der Waals surface area (Å²) in [6, 6.07) is 0. The van der Waals surface area contributed by atoms with Gasteiger partial charge in [-0.1, -0.05) is 58.3 Å². The van der Waals surface area contributed by atoms with E-state index in [1.54, 1.807) is 6.92 Å². The van der Waals surface area contributed by atoms with Gasteiger partial charge < -0.3 is 14.9 Å². The number of unbranched alkanes of at least 4 members (excludes halogenated alkanes) is 8. The van der Waals surface area contributed by atoms with E-state index in [1.807, 2.05) is 0 Å². The number of aliphatic hydroxyl groups excluding tert-OH is 2. The van der Waals surface area contributed by atoms with E-state index in [-0.39, 0.29) is 5.97 Å². The molecule has 0 fully saturated rings. The Balaban J connectivity index is 3.90. The SMILES string of the molecule is CCCCCCCCCCCC(=O)OC(C)C(Cl)(C(C)O)C(C)O. The molecule has 24 heavy (non-hydrogen) atoms. The Morgan fingerprint density at radius 1 is 0.917 bits per heavy atom. The summed E-state index contributed by atoms with van der Waals surface area (Å²) in [5.41, 5.74) is 0.